The molecule has 4 nitrogen and oxygen atoms in total. The molecule has 4 heteroatoms. The molecule has 164 valence electrons. The number of carbonyl (C=O) groups excluding carboxylic acids is 2. The maximum absolute atomic E-state index is 13.4. The molecule has 4 rings (SSSR count). The molecule has 2 amide bonds. The van der Waals surface area contributed by atoms with Crippen molar-refractivity contribution in [3.63, 3.8) is 0 Å². The van der Waals surface area contributed by atoms with Crippen LogP contribution in [0.4, 0.5) is 0 Å². The van der Waals surface area contributed by atoms with Gasteiger partial charge in [0.05, 0.1) is 5.41 Å². The lowest BCUT2D eigenvalue weighted by molar-refractivity contribution is -0.146. The Balaban J connectivity index is 1.62. The van der Waals surface area contributed by atoms with E-state index in [0.29, 0.717) is 31.3 Å². The van der Waals surface area contributed by atoms with Crippen LogP contribution in [-0.2, 0) is 16.0 Å². The van der Waals surface area contributed by atoms with Crippen molar-refractivity contribution in [2.24, 2.45) is 17.3 Å². The van der Waals surface area contributed by atoms with E-state index < -0.39 is 5.41 Å². The number of benzene rings is 2. The van der Waals surface area contributed by atoms with Gasteiger partial charge in [0.15, 0.2) is 0 Å². The maximum atomic E-state index is 13.4. The summed E-state index contributed by atoms with van der Waals surface area (Å²) >= 11 is 0. The molecule has 2 aromatic rings. The number of rotatable bonds is 5. The summed E-state index contributed by atoms with van der Waals surface area (Å²) in [5.74, 6) is 1.19. The second-order valence-corrected chi connectivity index (χ2v) is 9.77. The topological polar surface area (TPSA) is 40.6 Å². The first-order valence-electron chi connectivity index (χ1n) is 11.5. The van der Waals surface area contributed by atoms with Gasteiger partial charge >= 0.3 is 0 Å². The van der Waals surface area contributed by atoms with E-state index in [1.807, 2.05) is 19.0 Å². The number of aryl methyl sites for hydroxylation is 1. The quantitative estimate of drug-likeness (QED) is 0.714. The lowest BCUT2D eigenvalue weighted by Crippen LogP contribution is -2.51. The van der Waals surface area contributed by atoms with E-state index in [1.165, 1.54) is 22.3 Å². The summed E-state index contributed by atoms with van der Waals surface area (Å²) in [6.07, 6.45) is 3.16. The Hall–Kier alpha value is -2.62. The molecule has 2 atom stereocenters. The predicted octanol–water partition coefficient (Wildman–Crippen LogP) is 4.56. The summed E-state index contributed by atoms with van der Waals surface area (Å²) in [5.41, 5.74) is 4.41. The molecule has 0 N–H and O–H groups in total. The molecule has 31 heavy (non-hydrogen) atoms. The summed E-state index contributed by atoms with van der Waals surface area (Å²) in [6.45, 7) is 5.63. The molecule has 0 bridgehead atoms. The van der Waals surface area contributed by atoms with Crippen molar-refractivity contribution in [3.8, 4) is 11.1 Å². The molecule has 1 saturated heterocycles. The van der Waals surface area contributed by atoms with Crippen LogP contribution in [0.2, 0.25) is 0 Å². The number of nitrogens with zero attached hydrogens (tertiary/aromatic N) is 2. The van der Waals surface area contributed by atoms with Crippen molar-refractivity contribution in [1.29, 1.82) is 0 Å². The molecule has 1 aliphatic carbocycles. The first-order chi connectivity index (χ1) is 14.8. The minimum Gasteiger partial charge on any atom is -0.348 e. The fraction of sp³-hybridized carbons (Fsp3) is 0.481. The second-order valence-electron chi connectivity index (χ2n) is 9.77. The molecule has 1 saturated carbocycles. The van der Waals surface area contributed by atoms with Gasteiger partial charge < -0.3 is 9.80 Å². The molecular weight excluding hydrogens is 384 g/mol. The van der Waals surface area contributed by atoms with E-state index >= 15 is 0 Å². The summed E-state index contributed by atoms with van der Waals surface area (Å²) < 4.78 is 0. The molecule has 0 radical (unpaired) electrons. The average Bonchev–Trinajstić information content (AvgIpc) is 3.50. The van der Waals surface area contributed by atoms with Crippen LogP contribution in [-0.4, -0.2) is 48.8 Å². The van der Waals surface area contributed by atoms with E-state index in [0.717, 1.165) is 19.3 Å². The van der Waals surface area contributed by atoms with Gasteiger partial charge in [-0.1, -0.05) is 55.5 Å². The van der Waals surface area contributed by atoms with Gasteiger partial charge in [-0.15, -0.1) is 0 Å². The smallest absolute Gasteiger partial charge is 0.228 e. The normalized spacial score (nSPS) is 22.1. The fourth-order valence-corrected chi connectivity index (χ4v) is 5.17. The number of likely N-dealkylation sites (tertiary alicyclic amines) is 1. The third kappa shape index (κ3) is 4.26. The van der Waals surface area contributed by atoms with Crippen LogP contribution < -0.4 is 0 Å². The Bertz CT molecular complexity index is 973. The van der Waals surface area contributed by atoms with E-state index in [4.69, 9.17) is 0 Å². The van der Waals surface area contributed by atoms with Crippen molar-refractivity contribution in [3.05, 3.63) is 59.7 Å². The largest absolute Gasteiger partial charge is 0.348 e. The number of piperidine rings is 1. The summed E-state index contributed by atoms with van der Waals surface area (Å²) in [4.78, 5) is 29.9. The van der Waals surface area contributed by atoms with Crippen molar-refractivity contribution >= 4 is 11.8 Å². The molecule has 2 fully saturated rings. The first kappa shape index (κ1) is 21.6. The highest BCUT2D eigenvalue weighted by molar-refractivity contribution is 5.85. The number of carbonyl (C=O) groups is 2. The maximum Gasteiger partial charge on any atom is 0.228 e. The molecule has 2 aliphatic rings. The van der Waals surface area contributed by atoms with Crippen molar-refractivity contribution < 1.29 is 9.59 Å². The zero-order chi connectivity index (χ0) is 22.2. The zero-order valence-corrected chi connectivity index (χ0v) is 19.2. The predicted molar refractivity (Wildman–Crippen MR) is 125 cm³/mol. The third-order valence-electron chi connectivity index (χ3n) is 7.30. The molecule has 0 aromatic heterocycles. The Kier molecular flexibility index (Phi) is 5.92. The molecule has 0 unspecified atom stereocenters. The van der Waals surface area contributed by atoms with E-state index in [-0.39, 0.29) is 11.8 Å². The number of hydrogen-bond acceptors (Lipinski definition) is 2. The highest BCUT2D eigenvalue weighted by Crippen LogP contribution is 2.43. The molecule has 0 spiro atoms. The van der Waals surface area contributed by atoms with Gasteiger partial charge in [-0.3, -0.25) is 9.59 Å². The Morgan fingerprint density at radius 2 is 1.58 bits per heavy atom. The summed E-state index contributed by atoms with van der Waals surface area (Å²) in [5, 5.41) is 0. The van der Waals surface area contributed by atoms with Gasteiger partial charge in [-0.25, -0.2) is 0 Å². The number of hydrogen-bond donors (Lipinski definition) is 0. The van der Waals surface area contributed by atoms with Gasteiger partial charge in [0.2, 0.25) is 11.8 Å². The average molecular weight is 419 g/mol. The molecule has 1 heterocycles. The van der Waals surface area contributed by atoms with Gasteiger partial charge in [0.25, 0.3) is 0 Å². The lowest BCUT2D eigenvalue weighted by atomic mass is 9.71. The van der Waals surface area contributed by atoms with Crippen LogP contribution in [0.15, 0.2) is 48.5 Å². The highest BCUT2D eigenvalue weighted by atomic mass is 16.2. The minimum atomic E-state index is -0.464. The van der Waals surface area contributed by atoms with Crippen molar-refractivity contribution in [2.75, 3.05) is 27.2 Å². The first-order valence-corrected chi connectivity index (χ1v) is 11.5. The third-order valence-corrected chi connectivity index (χ3v) is 7.30. The Morgan fingerprint density at radius 3 is 2.16 bits per heavy atom. The van der Waals surface area contributed by atoms with Crippen LogP contribution in [0.1, 0.15) is 37.3 Å². The van der Waals surface area contributed by atoms with Crippen molar-refractivity contribution in [2.45, 2.75) is 39.5 Å². The molecule has 1 aliphatic heterocycles. The number of amides is 2. The van der Waals surface area contributed by atoms with Gasteiger partial charge in [-0.2, -0.15) is 0 Å². The van der Waals surface area contributed by atoms with E-state index in [1.54, 1.807) is 4.90 Å². The Labute approximate surface area is 186 Å². The Morgan fingerprint density at radius 1 is 1.00 bits per heavy atom. The van der Waals surface area contributed by atoms with Gasteiger partial charge in [0.1, 0.15) is 0 Å². The minimum absolute atomic E-state index is 0.180. The second kappa shape index (κ2) is 8.49. The van der Waals surface area contributed by atoms with Crippen LogP contribution in [0.5, 0.6) is 0 Å². The monoisotopic (exact) mass is 418 g/mol. The standard InChI is InChI=1S/C27H34N2O2/c1-19-9-5-7-11-22(19)23-12-8-6-10-21(23)18-27(26(31)28(3)4)13-15-29(16-14-27)25(30)24-17-20(24)2/h5-12,20,24H,13-18H2,1-4H3/t20-,24+/m0/s1. The summed E-state index contributed by atoms with van der Waals surface area (Å²) in [7, 11) is 3.70. The SMILES string of the molecule is Cc1ccccc1-c1ccccc1CC1(C(=O)N(C)C)CCN(C(=O)[C@@H]2C[C@@H]2C)CC1. The summed E-state index contributed by atoms with van der Waals surface area (Å²) in [6, 6.07) is 16.9. The van der Waals surface area contributed by atoms with Crippen LogP contribution in [0, 0.1) is 24.2 Å². The highest BCUT2D eigenvalue weighted by Gasteiger charge is 2.47. The lowest BCUT2D eigenvalue weighted by Gasteiger charge is -2.42. The molecular formula is C27H34N2O2. The zero-order valence-electron chi connectivity index (χ0n) is 19.2. The van der Waals surface area contributed by atoms with Crippen molar-refractivity contribution in [1.82, 2.24) is 9.80 Å². The molecule has 2 aromatic carbocycles. The van der Waals surface area contributed by atoms with Crippen LogP contribution in [0.25, 0.3) is 11.1 Å². The van der Waals surface area contributed by atoms with E-state index in [2.05, 4.69) is 62.4 Å². The fourth-order valence-electron chi connectivity index (χ4n) is 5.17. The van der Waals surface area contributed by atoms with Gasteiger partial charge in [-0.05, 0) is 60.8 Å². The van der Waals surface area contributed by atoms with Crippen LogP contribution >= 0.6 is 0 Å². The van der Waals surface area contributed by atoms with Gasteiger partial charge in [0, 0.05) is 33.1 Å². The van der Waals surface area contributed by atoms with Crippen LogP contribution in [0.3, 0.4) is 0 Å². The van der Waals surface area contributed by atoms with E-state index in [9.17, 15) is 9.59 Å².